The van der Waals surface area contributed by atoms with Crippen LogP contribution >= 0.6 is 0 Å². The molecule has 8 nitrogen and oxygen atoms in total. The zero-order chi connectivity index (χ0) is 40.0. The fourth-order valence-corrected chi connectivity index (χ4v) is 6.27. The van der Waals surface area contributed by atoms with Crippen LogP contribution in [0.2, 0.25) is 0 Å². The van der Waals surface area contributed by atoms with Crippen molar-refractivity contribution < 1.29 is 39.9 Å². The Labute approximate surface area is 317 Å². The lowest BCUT2D eigenvalue weighted by Crippen LogP contribution is -2.46. The number of ketones is 2. The van der Waals surface area contributed by atoms with Gasteiger partial charge in [-0.2, -0.15) is 0 Å². The van der Waals surface area contributed by atoms with Crippen molar-refractivity contribution in [1.82, 2.24) is 0 Å². The molecule has 0 saturated heterocycles. The first-order valence-corrected chi connectivity index (χ1v) is 18.4. The maximum absolute atomic E-state index is 13.0. The summed E-state index contributed by atoms with van der Waals surface area (Å²) in [5, 5.41) is 49.4. The van der Waals surface area contributed by atoms with Gasteiger partial charge in [0.2, 0.25) is 0 Å². The Hall–Kier alpha value is -3.76. The first-order valence-electron chi connectivity index (χ1n) is 18.4. The Morgan fingerprint density at radius 1 is 0.755 bits per heavy atom. The first kappa shape index (κ1) is 45.4. The van der Waals surface area contributed by atoms with Gasteiger partial charge in [-0.1, -0.05) is 128 Å². The van der Waals surface area contributed by atoms with Crippen LogP contribution in [-0.4, -0.2) is 80.3 Å². The van der Waals surface area contributed by atoms with E-state index in [1.807, 2.05) is 120 Å². The molecule has 290 valence electrons. The van der Waals surface area contributed by atoms with Gasteiger partial charge in [-0.25, -0.2) is 0 Å². The molecule has 0 spiro atoms. The van der Waals surface area contributed by atoms with Crippen molar-refractivity contribution in [2.75, 3.05) is 6.61 Å². The third kappa shape index (κ3) is 14.2. The lowest BCUT2D eigenvalue weighted by atomic mass is 9.71. The van der Waals surface area contributed by atoms with Crippen LogP contribution in [-0.2, 0) is 14.3 Å². The monoisotopic (exact) mass is 730 g/mol. The highest BCUT2D eigenvalue weighted by molar-refractivity contribution is 6.01. The summed E-state index contributed by atoms with van der Waals surface area (Å²) in [7, 11) is 0. The molecule has 0 fully saturated rings. The molecule has 7 unspecified atom stereocenters. The van der Waals surface area contributed by atoms with E-state index in [-0.39, 0.29) is 29.5 Å². The molecule has 2 aliphatic rings. The molecule has 2 rings (SSSR count). The van der Waals surface area contributed by atoms with Gasteiger partial charge in [-0.05, 0) is 94.9 Å². The number of hydrogen-bond donors (Lipinski definition) is 5. The van der Waals surface area contributed by atoms with Crippen molar-refractivity contribution in [3.8, 4) is 0 Å². The van der Waals surface area contributed by atoms with E-state index in [0.29, 0.717) is 24.0 Å². The van der Waals surface area contributed by atoms with E-state index in [1.54, 1.807) is 13.8 Å². The van der Waals surface area contributed by atoms with Crippen LogP contribution < -0.4 is 0 Å². The van der Waals surface area contributed by atoms with Crippen LogP contribution in [0, 0.1) is 11.3 Å². The molecule has 0 aliphatic heterocycles. The lowest BCUT2D eigenvalue weighted by molar-refractivity contribution is -0.141. The lowest BCUT2D eigenvalue weighted by Gasteiger charge is -2.34. The Morgan fingerprint density at radius 3 is 1.77 bits per heavy atom. The highest BCUT2D eigenvalue weighted by Gasteiger charge is 2.37. The van der Waals surface area contributed by atoms with E-state index >= 15 is 0 Å². The third-order valence-corrected chi connectivity index (χ3v) is 9.71. The minimum Gasteiger partial charge on any atom is -0.391 e. The zero-order valence-electron chi connectivity index (χ0n) is 33.2. The average Bonchev–Trinajstić information content (AvgIpc) is 3.08. The fourth-order valence-electron chi connectivity index (χ4n) is 6.27. The van der Waals surface area contributed by atoms with Gasteiger partial charge in [-0.3, -0.25) is 9.59 Å². The van der Waals surface area contributed by atoms with E-state index in [9.17, 15) is 35.1 Å². The van der Waals surface area contributed by atoms with Gasteiger partial charge < -0.3 is 30.3 Å². The van der Waals surface area contributed by atoms with Crippen LogP contribution in [0.25, 0.3) is 0 Å². The number of aliphatic hydroxyl groups is 5. The van der Waals surface area contributed by atoms with E-state index in [4.69, 9.17) is 4.74 Å². The Morgan fingerprint density at radius 2 is 1.25 bits per heavy atom. The predicted molar refractivity (Wildman–Crippen MR) is 214 cm³/mol. The molecule has 0 aromatic carbocycles. The molecular formula is C45H62O8. The van der Waals surface area contributed by atoms with Crippen molar-refractivity contribution in [3.05, 3.63) is 130 Å². The number of aliphatic hydroxyl groups excluding tert-OH is 5. The summed E-state index contributed by atoms with van der Waals surface area (Å²) in [5.74, 6) is -0.336. The van der Waals surface area contributed by atoms with Crippen molar-refractivity contribution >= 4 is 11.6 Å². The summed E-state index contributed by atoms with van der Waals surface area (Å²) < 4.78 is 5.64. The number of Topliss-reactive ketones (excluding diaryl/α,β-unsaturated/α-hetero) is 2. The molecular weight excluding hydrogens is 668 g/mol. The highest BCUT2D eigenvalue weighted by Crippen LogP contribution is 2.39. The number of carbonyl (C=O) groups is 2. The first-order chi connectivity index (χ1) is 24.8. The van der Waals surface area contributed by atoms with Gasteiger partial charge in [0, 0.05) is 0 Å². The topological polar surface area (TPSA) is 145 Å². The molecule has 0 amide bonds. The smallest absolute Gasteiger partial charge is 0.187 e. The molecule has 0 heterocycles. The summed E-state index contributed by atoms with van der Waals surface area (Å²) in [4.78, 5) is 25.3. The zero-order valence-corrected chi connectivity index (χ0v) is 33.2. The van der Waals surface area contributed by atoms with Crippen LogP contribution in [0.4, 0.5) is 0 Å². The number of ether oxygens (including phenoxy) is 1. The van der Waals surface area contributed by atoms with Crippen molar-refractivity contribution in [2.24, 2.45) is 11.3 Å². The van der Waals surface area contributed by atoms with Crippen LogP contribution in [0.1, 0.15) is 82.1 Å². The van der Waals surface area contributed by atoms with Crippen molar-refractivity contribution in [3.63, 3.8) is 0 Å². The maximum Gasteiger partial charge on any atom is 0.187 e. The fraction of sp³-hybridized carbons (Fsp3) is 0.467. The molecule has 0 bridgehead atoms. The summed E-state index contributed by atoms with van der Waals surface area (Å²) in [6.45, 7) is 18.7. The van der Waals surface area contributed by atoms with E-state index in [1.165, 1.54) is 6.92 Å². The molecule has 5 N–H and O–H groups in total. The predicted octanol–water partition coefficient (Wildman–Crippen LogP) is 7.00. The highest BCUT2D eigenvalue weighted by atomic mass is 16.5. The van der Waals surface area contributed by atoms with Crippen molar-refractivity contribution in [2.45, 2.75) is 119 Å². The Balaban J connectivity index is 1.92. The molecule has 53 heavy (non-hydrogen) atoms. The number of carbonyl (C=O) groups excluding carboxylic acids is 2. The standard InChI is InChI=1S/C45H62O8/c1-28(15-11-12-16-29(2)18-14-20-31(4)22-24-37-34(7)41(49)38(47)26-45(37,9)10)17-13-19-30(3)21-23-36-32(5)25-40(42(50)33(36)6)53-27-39(48)44(52)43(51)35(8)46/h11-24,32,35,38-40,43-44,46-48,51-52H,25-27H2,1-10H3/b12-11+,17-13+,18-14+,23-21+,24-22+,28-15+,29-16+,30-19+,31-20+. The van der Waals surface area contributed by atoms with Gasteiger partial charge in [0.05, 0.1) is 12.7 Å². The molecule has 0 saturated carbocycles. The Bertz CT molecular complexity index is 1650. The summed E-state index contributed by atoms with van der Waals surface area (Å²) in [5.41, 5.74) is 7.10. The molecule has 0 aromatic heterocycles. The van der Waals surface area contributed by atoms with Gasteiger partial charge >= 0.3 is 0 Å². The quantitative estimate of drug-likeness (QED) is 0.107. The van der Waals surface area contributed by atoms with Gasteiger partial charge in [0.15, 0.2) is 11.6 Å². The van der Waals surface area contributed by atoms with Gasteiger partial charge in [-0.15, -0.1) is 0 Å². The van der Waals surface area contributed by atoms with E-state index in [0.717, 1.165) is 33.4 Å². The molecule has 0 aromatic rings. The van der Waals surface area contributed by atoms with Gasteiger partial charge in [0.1, 0.15) is 30.5 Å². The third-order valence-electron chi connectivity index (χ3n) is 9.71. The second-order valence-electron chi connectivity index (χ2n) is 15.1. The molecule has 7 atom stereocenters. The van der Waals surface area contributed by atoms with E-state index in [2.05, 4.69) is 13.8 Å². The molecule has 0 radical (unpaired) electrons. The number of rotatable bonds is 16. The van der Waals surface area contributed by atoms with Crippen molar-refractivity contribution in [1.29, 1.82) is 0 Å². The number of hydrogen-bond acceptors (Lipinski definition) is 8. The second-order valence-corrected chi connectivity index (χ2v) is 15.1. The Kier molecular flexibility index (Phi) is 18.2. The van der Waals surface area contributed by atoms with E-state index < -0.39 is 36.6 Å². The minimum absolute atomic E-state index is 0.0304. The normalized spacial score (nSPS) is 25.3. The largest absolute Gasteiger partial charge is 0.391 e. The molecule has 2 aliphatic carbocycles. The summed E-state index contributed by atoms with van der Waals surface area (Å²) >= 11 is 0. The number of allylic oxidation sites excluding steroid dienone is 20. The van der Waals surface area contributed by atoms with Crippen LogP contribution in [0.15, 0.2) is 130 Å². The molecule has 8 heteroatoms. The van der Waals surface area contributed by atoms with Crippen LogP contribution in [0.3, 0.4) is 0 Å². The average molecular weight is 731 g/mol. The SMILES string of the molecule is CC1=C(/C=C/C(C)=C/C=C/C(C)=C/C=C/C=C(C)/C=C/C=C(C)/C=C/C2=C(C)C(=O)C(O)CC2(C)C)C(C)CC(OCC(O)C(O)C(O)C(C)O)C1=O. The maximum atomic E-state index is 13.0. The minimum atomic E-state index is -1.59. The summed E-state index contributed by atoms with van der Waals surface area (Å²) in [6.07, 6.45) is 21.4. The van der Waals surface area contributed by atoms with Gasteiger partial charge in [0.25, 0.3) is 0 Å². The van der Waals surface area contributed by atoms with Crippen LogP contribution in [0.5, 0.6) is 0 Å². The summed E-state index contributed by atoms with van der Waals surface area (Å²) in [6, 6.07) is 0. The second kappa shape index (κ2) is 21.2.